The maximum absolute atomic E-state index is 13.8. The third-order valence-electron chi connectivity index (χ3n) is 3.78. The van der Waals surface area contributed by atoms with Crippen molar-refractivity contribution in [3.05, 3.63) is 29.8 Å². The summed E-state index contributed by atoms with van der Waals surface area (Å²) in [5, 5.41) is 9.13. The van der Waals surface area contributed by atoms with Crippen LogP contribution in [0.25, 0.3) is 0 Å². The zero-order chi connectivity index (χ0) is 15.5. The first kappa shape index (κ1) is 16.3. The van der Waals surface area contributed by atoms with Crippen molar-refractivity contribution in [2.45, 2.75) is 43.0 Å². The topological polar surface area (TPSA) is 57.6 Å². The standard InChI is InChI=1S/C14H19F2NO3S/c15-11-6-7-14(13(16)10-11)21(19,20)17(8-9-18)12-4-2-1-3-5-12/h6-7,10,12,18H,1-5,8-9H2. The van der Waals surface area contributed by atoms with E-state index < -0.39 is 26.6 Å². The normalized spacial score (nSPS) is 17.3. The number of benzene rings is 1. The third-order valence-corrected chi connectivity index (χ3v) is 5.77. The molecule has 1 aliphatic rings. The van der Waals surface area contributed by atoms with Gasteiger partial charge in [-0.05, 0) is 25.0 Å². The van der Waals surface area contributed by atoms with Crippen LogP contribution in [0.2, 0.25) is 0 Å². The number of sulfonamides is 1. The van der Waals surface area contributed by atoms with Crippen molar-refractivity contribution in [1.29, 1.82) is 0 Å². The fourth-order valence-electron chi connectivity index (χ4n) is 2.78. The van der Waals surface area contributed by atoms with Crippen LogP contribution < -0.4 is 0 Å². The lowest BCUT2D eigenvalue weighted by Gasteiger charge is -2.33. The molecule has 0 amide bonds. The SMILES string of the molecule is O=S(=O)(c1ccc(F)cc1F)N(CCO)C1CCCCC1. The number of hydrogen-bond acceptors (Lipinski definition) is 3. The van der Waals surface area contributed by atoms with Gasteiger partial charge in [0.25, 0.3) is 0 Å². The summed E-state index contributed by atoms with van der Waals surface area (Å²) in [7, 11) is -4.08. The number of nitrogens with zero attached hydrogens (tertiary/aromatic N) is 1. The lowest BCUT2D eigenvalue weighted by molar-refractivity contribution is 0.199. The molecular formula is C14H19F2NO3S. The summed E-state index contributed by atoms with van der Waals surface area (Å²) < 4.78 is 53.1. The van der Waals surface area contributed by atoms with E-state index in [1.54, 1.807) is 0 Å². The highest BCUT2D eigenvalue weighted by Gasteiger charge is 2.33. The van der Waals surface area contributed by atoms with Crippen LogP contribution in [0.1, 0.15) is 32.1 Å². The Balaban J connectivity index is 2.36. The van der Waals surface area contributed by atoms with Gasteiger partial charge in [-0.2, -0.15) is 4.31 Å². The van der Waals surface area contributed by atoms with Crippen molar-refractivity contribution < 1.29 is 22.3 Å². The molecule has 0 aliphatic heterocycles. The monoisotopic (exact) mass is 319 g/mol. The van der Waals surface area contributed by atoms with Crippen molar-refractivity contribution in [3.63, 3.8) is 0 Å². The molecule has 0 unspecified atom stereocenters. The van der Waals surface area contributed by atoms with Gasteiger partial charge in [-0.15, -0.1) is 0 Å². The van der Waals surface area contributed by atoms with Crippen molar-refractivity contribution in [3.8, 4) is 0 Å². The van der Waals surface area contributed by atoms with Crippen molar-refractivity contribution >= 4 is 10.0 Å². The highest BCUT2D eigenvalue weighted by atomic mass is 32.2. The van der Waals surface area contributed by atoms with Crippen LogP contribution in [-0.2, 0) is 10.0 Å². The third kappa shape index (κ3) is 3.59. The molecule has 0 atom stereocenters. The zero-order valence-corrected chi connectivity index (χ0v) is 12.5. The van der Waals surface area contributed by atoms with Crippen molar-refractivity contribution in [1.82, 2.24) is 4.31 Å². The Hall–Kier alpha value is -1.05. The van der Waals surface area contributed by atoms with Crippen molar-refractivity contribution in [2.24, 2.45) is 0 Å². The number of aliphatic hydroxyl groups is 1. The van der Waals surface area contributed by atoms with E-state index in [0.717, 1.165) is 35.7 Å². The van der Waals surface area contributed by atoms with Crippen LogP contribution in [0.5, 0.6) is 0 Å². The molecule has 4 nitrogen and oxygen atoms in total. The molecule has 1 saturated carbocycles. The fourth-order valence-corrected chi connectivity index (χ4v) is 4.50. The van der Waals surface area contributed by atoms with Gasteiger partial charge in [0.2, 0.25) is 10.0 Å². The van der Waals surface area contributed by atoms with Gasteiger partial charge >= 0.3 is 0 Å². The Morgan fingerprint density at radius 3 is 2.43 bits per heavy atom. The van der Waals surface area contributed by atoms with Gasteiger partial charge in [0.15, 0.2) is 0 Å². The summed E-state index contributed by atoms with van der Waals surface area (Å²) in [5.41, 5.74) is 0. The lowest BCUT2D eigenvalue weighted by Crippen LogP contribution is -2.43. The van der Waals surface area contributed by atoms with Gasteiger partial charge in [0.05, 0.1) is 6.61 Å². The van der Waals surface area contributed by atoms with E-state index in [9.17, 15) is 17.2 Å². The second-order valence-corrected chi connectivity index (χ2v) is 7.06. The Morgan fingerprint density at radius 2 is 1.86 bits per heavy atom. The molecule has 0 aromatic heterocycles. The molecule has 0 radical (unpaired) electrons. The van der Waals surface area contributed by atoms with E-state index in [0.29, 0.717) is 18.9 Å². The predicted octanol–water partition coefficient (Wildman–Crippen LogP) is 2.28. The van der Waals surface area contributed by atoms with Gasteiger partial charge in [0, 0.05) is 18.7 Å². The lowest BCUT2D eigenvalue weighted by atomic mass is 9.95. The molecule has 1 aromatic rings. The average Bonchev–Trinajstić information content (AvgIpc) is 2.45. The van der Waals surface area contributed by atoms with Gasteiger partial charge in [-0.1, -0.05) is 19.3 Å². The average molecular weight is 319 g/mol. The van der Waals surface area contributed by atoms with Gasteiger partial charge < -0.3 is 5.11 Å². The molecular weight excluding hydrogens is 300 g/mol. The van der Waals surface area contributed by atoms with E-state index in [1.165, 1.54) is 0 Å². The minimum Gasteiger partial charge on any atom is -0.395 e. The molecule has 0 saturated heterocycles. The number of halogens is 2. The molecule has 1 aliphatic carbocycles. The maximum atomic E-state index is 13.8. The smallest absolute Gasteiger partial charge is 0.246 e. The Kier molecular flexibility index (Phi) is 5.29. The van der Waals surface area contributed by atoms with E-state index >= 15 is 0 Å². The summed E-state index contributed by atoms with van der Waals surface area (Å²) in [6, 6.07) is 2.19. The summed E-state index contributed by atoms with van der Waals surface area (Å²) in [4.78, 5) is -0.539. The minimum absolute atomic E-state index is 0.0795. The predicted molar refractivity (Wildman–Crippen MR) is 74.2 cm³/mol. The van der Waals surface area contributed by atoms with Crippen LogP contribution in [0.15, 0.2) is 23.1 Å². The largest absolute Gasteiger partial charge is 0.395 e. The summed E-state index contributed by atoms with van der Waals surface area (Å²) >= 11 is 0. The molecule has 1 fully saturated rings. The van der Waals surface area contributed by atoms with E-state index in [4.69, 9.17) is 5.11 Å². The molecule has 1 N–H and O–H groups in total. The number of hydrogen-bond donors (Lipinski definition) is 1. The Morgan fingerprint density at radius 1 is 1.19 bits per heavy atom. The first-order chi connectivity index (χ1) is 9.96. The van der Waals surface area contributed by atoms with Crippen LogP contribution in [0, 0.1) is 11.6 Å². The van der Waals surface area contributed by atoms with Gasteiger partial charge in [-0.25, -0.2) is 17.2 Å². The first-order valence-corrected chi connectivity index (χ1v) is 8.48. The molecule has 0 heterocycles. The zero-order valence-electron chi connectivity index (χ0n) is 11.6. The highest BCUT2D eigenvalue weighted by Crippen LogP contribution is 2.28. The van der Waals surface area contributed by atoms with Crippen LogP contribution >= 0.6 is 0 Å². The van der Waals surface area contributed by atoms with Crippen LogP contribution in [0.3, 0.4) is 0 Å². The molecule has 0 spiro atoms. The molecule has 118 valence electrons. The van der Waals surface area contributed by atoms with E-state index in [-0.39, 0.29) is 19.2 Å². The number of rotatable bonds is 5. The second-order valence-electron chi connectivity index (χ2n) is 5.21. The molecule has 7 heteroatoms. The van der Waals surface area contributed by atoms with Gasteiger partial charge in [0.1, 0.15) is 16.5 Å². The molecule has 2 rings (SSSR count). The fraction of sp³-hybridized carbons (Fsp3) is 0.571. The molecule has 0 bridgehead atoms. The van der Waals surface area contributed by atoms with Crippen LogP contribution in [0.4, 0.5) is 8.78 Å². The highest BCUT2D eigenvalue weighted by molar-refractivity contribution is 7.89. The molecule has 21 heavy (non-hydrogen) atoms. The number of aliphatic hydroxyl groups excluding tert-OH is 1. The maximum Gasteiger partial charge on any atom is 0.246 e. The van der Waals surface area contributed by atoms with Gasteiger partial charge in [-0.3, -0.25) is 0 Å². The summed E-state index contributed by atoms with van der Waals surface area (Å²) in [6.45, 7) is -0.414. The Bertz CT molecular complexity index is 586. The first-order valence-electron chi connectivity index (χ1n) is 7.04. The van der Waals surface area contributed by atoms with Crippen LogP contribution in [-0.4, -0.2) is 37.0 Å². The quantitative estimate of drug-likeness (QED) is 0.906. The summed E-state index contributed by atoms with van der Waals surface area (Å²) in [5.74, 6) is -1.92. The summed E-state index contributed by atoms with van der Waals surface area (Å²) in [6.07, 6.45) is 4.26. The van der Waals surface area contributed by atoms with Crippen molar-refractivity contribution in [2.75, 3.05) is 13.2 Å². The van der Waals surface area contributed by atoms with E-state index in [1.807, 2.05) is 0 Å². The van der Waals surface area contributed by atoms with E-state index in [2.05, 4.69) is 0 Å². The Labute approximate surface area is 123 Å². The minimum atomic E-state index is -4.08. The molecule has 1 aromatic carbocycles. The second kappa shape index (κ2) is 6.81.